The molecule has 0 saturated heterocycles. The number of nitrogens with one attached hydrogen (secondary N) is 2. The largest absolute Gasteiger partial charge is 0.474 e. The molecule has 9 nitrogen and oxygen atoms in total. The predicted molar refractivity (Wildman–Crippen MR) is 113 cm³/mol. The number of carbonyl (C=O) groups is 1. The van der Waals surface area contributed by atoms with E-state index >= 15 is 0 Å². The van der Waals surface area contributed by atoms with Gasteiger partial charge >= 0.3 is 6.03 Å². The zero-order valence-corrected chi connectivity index (χ0v) is 18.3. The highest BCUT2D eigenvalue weighted by atomic mass is 32.2. The van der Waals surface area contributed by atoms with E-state index in [1.165, 1.54) is 22.0 Å². The van der Waals surface area contributed by atoms with Crippen LogP contribution in [0.3, 0.4) is 0 Å². The molecule has 1 aromatic heterocycles. The molecule has 3 aliphatic rings. The molecule has 1 atom stereocenters. The first-order chi connectivity index (χ1) is 15.0. The smallest absolute Gasteiger partial charge is 0.333 e. The highest BCUT2D eigenvalue weighted by molar-refractivity contribution is 7.90. The minimum absolute atomic E-state index is 0.123. The number of anilines is 1. The highest BCUT2D eigenvalue weighted by Gasteiger charge is 2.32. The number of hydrogen-bond donors (Lipinski definition) is 2. The van der Waals surface area contributed by atoms with Gasteiger partial charge in [0.1, 0.15) is 12.7 Å². The summed E-state index contributed by atoms with van der Waals surface area (Å²) < 4.78 is 40.5. The Kier molecular flexibility index (Phi) is 5.13. The van der Waals surface area contributed by atoms with E-state index in [-0.39, 0.29) is 23.5 Å². The zero-order valence-electron chi connectivity index (χ0n) is 17.4. The zero-order chi connectivity index (χ0) is 21.6. The SMILES string of the molecule is CCO[C@H]1COc2c(S(=O)(=O)NC(=O)Nc3c4c(cc5c3CCC5)CCC4)cnn2C1. The Bertz CT molecular complexity index is 1110. The summed E-state index contributed by atoms with van der Waals surface area (Å²) in [5.74, 6) is 0.123. The number of aryl methyl sites for hydroxylation is 2. The molecule has 0 saturated carbocycles. The van der Waals surface area contributed by atoms with Crippen molar-refractivity contribution in [1.29, 1.82) is 0 Å². The van der Waals surface area contributed by atoms with E-state index in [4.69, 9.17) is 9.47 Å². The van der Waals surface area contributed by atoms with Crippen molar-refractivity contribution in [2.45, 2.75) is 63.0 Å². The average molecular weight is 447 g/mol. The summed E-state index contributed by atoms with van der Waals surface area (Å²) in [4.78, 5) is 12.6. The van der Waals surface area contributed by atoms with Crippen molar-refractivity contribution in [1.82, 2.24) is 14.5 Å². The number of amides is 2. The first-order valence-corrected chi connectivity index (χ1v) is 12.2. The van der Waals surface area contributed by atoms with Gasteiger partial charge in [-0.25, -0.2) is 22.6 Å². The molecule has 2 aromatic rings. The van der Waals surface area contributed by atoms with E-state index in [0.29, 0.717) is 13.2 Å². The Morgan fingerprint density at radius 3 is 2.61 bits per heavy atom. The number of benzene rings is 1. The van der Waals surface area contributed by atoms with Gasteiger partial charge in [0.15, 0.2) is 4.90 Å². The van der Waals surface area contributed by atoms with Crippen LogP contribution >= 0.6 is 0 Å². The van der Waals surface area contributed by atoms with E-state index in [1.54, 1.807) is 0 Å². The first-order valence-electron chi connectivity index (χ1n) is 10.8. The lowest BCUT2D eigenvalue weighted by Crippen LogP contribution is -2.36. The molecule has 0 fully saturated rings. The second-order valence-electron chi connectivity index (χ2n) is 8.18. The molecule has 1 aliphatic heterocycles. The van der Waals surface area contributed by atoms with Crippen LogP contribution in [0.25, 0.3) is 0 Å². The summed E-state index contributed by atoms with van der Waals surface area (Å²) in [6.45, 7) is 3.04. The van der Waals surface area contributed by atoms with Gasteiger partial charge in [0, 0.05) is 12.3 Å². The fraction of sp³-hybridized carbons (Fsp3) is 0.524. The normalized spacial score (nSPS) is 19.3. The maximum atomic E-state index is 12.9. The highest BCUT2D eigenvalue weighted by Crippen LogP contribution is 2.38. The molecular formula is C21H26N4O5S. The Hall–Kier alpha value is -2.59. The summed E-state index contributed by atoms with van der Waals surface area (Å²) in [5, 5.41) is 6.95. The number of nitrogens with zero attached hydrogens (tertiary/aromatic N) is 2. The number of ether oxygens (including phenoxy) is 2. The molecule has 0 bridgehead atoms. The summed E-state index contributed by atoms with van der Waals surface area (Å²) in [5.41, 5.74) is 5.61. The molecular weight excluding hydrogens is 420 g/mol. The third kappa shape index (κ3) is 3.67. The molecule has 5 rings (SSSR count). The fourth-order valence-corrected chi connectivity index (χ4v) is 5.84. The quantitative estimate of drug-likeness (QED) is 0.728. The lowest BCUT2D eigenvalue weighted by Gasteiger charge is -2.24. The lowest BCUT2D eigenvalue weighted by molar-refractivity contribution is -0.00761. The molecule has 0 radical (unpaired) electrons. The predicted octanol–water partition coefficient (Wildman–Crippen LogP) is 2.17. The monoisotopic (exact) mass is 446 g/mol. The molecule has 2 amide bonds. The molecule has 166 valence electrons. The van der Waals surface area contributed by atoms with Gasteiger partial charge in [-0.2, -0.15) is 5.10 Å². The standard InChI is InChI=1S/C21H26N4O5S/c1-2-29-15-11-25-20(30-12-15)18(10-22-25)31(27,28)24-21(26)23-19-16-7-3-5-13(16)9-14-6-4-8-17(14)19/h9-10,15H,2-8,11-12H2,1H3,(H2,23,24,26)/t15-/m1/s1. The van der Waals surface area contributed by atoms with E-state index in [0.717, 1.165) is 55.3 Å². The van der Waals surface area contributed by atoms with Gasteiger partial charge in [-0.3, -0.25) is 0 Å². The first kappa shape index (κ1) is 20.3. The van der Waals surface area contributed by atoms with E-state index in [1.807, 2.05) is 6.92 Å². The fourth-order valence-electron chi connectivity index (χ4n) is 4.85. The van der Waals surface area contributed by atoms with Crippen molar-refractivity contribution in [3.8, 4) is 5.88 Å². The summed E-state index contributed by atoms with van der Waals surface area (Å²) in [6.07, 6.45) is 6.92. The number of carbonyl (C=O) groups excluding carboxylic acids is 1. The van der Waals surface area contributed by atoms with Crippen LogP contribution in [-0.4, -0.2) is 43.5 Å². The second kappa shape index (κ2) is 7.83. The van der Waals surface area contributed by atoms with Gasteiger partial charge in [0.05, 0.1) is 12.7 Å². The molecule has 2 heterocycles. The van der Waals surface area contributed by atoms with Gasteiger partial charge in [0.25, 0.3) is 10.0 Å². The number of fused-ring (bicyclic) bond motifs is 3. The maximum absolute atomic E-state index is 12.9. The van der Waals surface area contributed by atoms with Crippen LogP contribution < -0.4 is 14.8 Å². The van der Waals surface area contributed by atoms with Crippen molar-refractivity contribution in [3.63, 3.8) is 0 Å². The summed E-state index contributed by atoms with van der Waals surface area (Å²) in [7, 11) is -4.15. The Morgan fingerprint density at radius 2 is 1.94 bits per heavy atom. The van der Waals surface area contributed by atoms with Crippen LogP contribution in [0, 0.1) is 0 Å². The van der Waals surface area contributed by atoms with Crippen molar-refractivity contribution in [2.75, 3.05) is 18.5 Å². The van der Waals surface area contributed by atoms with Crippen LogP contribution in [-0.2, 0) is 47.0 Å². The number of hydrogen-bond acceptors (Lipinski definition) is 6. The van der Waals surface area contributed by atoms with Crippen molar-refractivity contribution >= 4 is 21.7 Å². The third-order valence-electron chi connectivity index (χ3n) is 6.17. The Balaban J connectivity index is 1.36. The number of sulfonamides is 1. The van der Waals surface area contributed by atoms with Gasteiger partial charge in [0.2, 0.25) is 5.88 Å². The van der Waals surface area contributed by atoms with Crippen molar-refractivity contribution < 1.29 is 22.7 Å². The van der Waals surface area contributed by atoms with E-state index < -0.39 is 16.1 Å². The molecule has 0 unspecified atom stereocenters. The lowest BCUT2D eigenvalue weighted by atomic mass is 9.99. The molecule has 0 spiro atoms. The van der Waals surface area contributed by atoms with E-state index in [2.05, 4.69) is 21.2 Å². The summed E-state index contributed by atoms with van der Waals surface area (Å²) in [6, 6.07) is 1.49. The minimum atomic E-state index is -4.15. The molecule has 2 N–H and O–H groups in total. The van der Waals surface area contributed by atoms with Gasteiger partial charge in [-0.05, 0) is 67.7 Å². The van der Waals surface area contributed by atoms with Crippen molar-refractivity contribution in [2.24, 2.45) is 0 Å². The third-order valence-corrected chi connectivity index (χ3v) is 7.49. The Labute approximate surface area is 181 Å². The van der Waals surface area contributed by atoms with Gasteiger partial charge in [-0.15, -0.1) is 0 Å². The second-order valence-corrected chi connectivity index (χ2v) is 9.83. The van der Waals surface area contributed by atoms with Crippen LogP contribution in [0.4, 0.5) is 10.5 Å². The number of urea groups is 1. The topological polar surface area (TPSA) is 112 Å². The van der Waals surface area contributed by atoms with Crippen LogP contribution in [0.1, 0.15) is 42.0 Å². The summed E-state index contributed by atoms with van der Waals surface area (Å²) >= 11 is 0. The minimum Gasteiger partial charge on any atom is -0.474 e. The molecule has 31 heavy (non-hydrogen) atoms. The molecule has 10 heteroatoms. The Morgan fingerprint density at radius 1 is 1.23 bits per heavy atom. The van der Waals surface area contributed by atoms with Crippen LogP contribution in [0.5, 0.6) is 5.88 Å². The number of rotatable bonds is 5. The number of aromatic nitrogens is 2. The average Bonchev–Trinajstić information content (AvgIpc) is 3.46. The van der Waals surface area contributed by atoms with E-state index in [9.17, 15) is 13.2 Å². The van der Waals surface area contributed by atoms with Crippen LogP contribution in [0.15, 0.2) is 17.2 Å². The van der Waals surface area contributed by atoms with Gasteiger partial charge < -0.3 is 14.8 Å². The van der Waals surface area contributed by atoms with Gasteiger partial charge in [-0.1, -0.05) is 6.07 Å². The van der Waals surface area contributed by atoms with Crippen molar-refractivity contribution in [3.05, 3.63) is 34.5 Å². The maximum Gasteiger partial charge on any atom is 0.333 e. The molecule has 2 aliphatic carbocycles. The molecule has 1 aromatic carbocycles. The van der Waals surface area contributed by atoms with Crippen LogP contribution in [0.2, 0.25) is 0 Å².